The number of nitriles is 1. The van der Waals surface area contributed by atoms with Crippen LogP contribution in [0.5, 0.6) is 0 Å². The summed E-state index contributed by atoms with van der Waals surface area (Å²) >= 11 is 6.70. The molecule has 1 aliphatic carbocycles. The number of H-pyrrole nitrogens is 1. The third kappa shape index (κ3) is 5.65. The molecular formula is C27H30ClN7O2. The van der Waals surface area contributed by atoms with Gasteiger partial charge in [0.2, 0.25) is 5.91 Å². The summed E-state index contributed by atoms with van der Waals surface area (Å²) in [5.41, 5.74) is 0.915. The lowest BCUT2D eigenvalue weighted by Crippen LogP contribution is -2.47. The number of hydrogen-bond donors (Lipinski definition) is 2. The SMILES string of the molecule is CC(C)(C)c1ncc(N(C(=O)c2cnc[nH]2)C(C(=O)NC2CCCCC2)c2cccnc2)c(C#N)c1Cl. The van der Waals surface area contributed by atoms with Crippen molar-refractivity contribution >= 4 is 29.1 Å². The minimum Gasteiger partial charge on any atom is -0.351 e. The van der Waals surface area contributed by atoms with E-state index < -0.39 is 17.4 Å². The van der Waals surface area contributed by atoms with Crippen LogP contribution in [-0.2, 0) is 10.2 Å². The van der Waals surface area contributed by atoms with Gasteiger partial charge in [-0.25, -0.2) is 4.98 Å². The Balaban J connectivity index is 1.90. The zero-order valence-corrected chi connectivity index (χ0v) is 21.9. The van der Waals surface area contributed by atoms with Gasteiger partial charge in [-0.2, -0.15) is 5.26 Å². The molecule has 2 N–H and O–H groups in total. The lowest BCUT2D eigenvalue weighted by Gasteiger charge is -2.34. The Labute approximate surface area is 221 Å². The van der Waals surface area contributed by atoms with E-state index in [1.54, 1.807) is 24.5 Å². The normalized spacial score (nSPS) is 15.0. The molecule has 1 fully saturated rings. The Morgan fingerprint density at radius 1 is 1.19 bits per heavy atom. The highest BCUT2D eigenvalue weighted by atomic mass is 35.5. The minimum atomic E-state index is -1.13. The molecule has 192 valence electrons. The van der Waals surface area contributed by atoms with Crippen LogP contribution in [0.3, 0.4) is 0 Å². The van der Waals surface area contributed by atoms with Crippen LogP contribution in [0.25, 0.3) is 0 Å². The van der Waals surface area contributed by atoms with Crippen molar-refractivity contribution in [3.63, 3.8) is 0 Å². The van der Waals surface area contributed by atoms with Crippen molar-refractivity contribution < 1.29 is 9.59 Å². The molecular weight excluding hydrogens is 490 g/mol. The number of carbonyl (C=O) groups excluding carboxylic acids is 2. The summed E-state index contributed by atoms with van der Waals surface area (Å²) in [4.78, 5) is 44.7. The predicted octanol–water partition coefficient (Wildman–Crippen LogP) is 4.86. The molecule has 9 nitrogen and oxygen atoms in total. The van der Waals surface area contributed by atoms with Gasteiger partial charge in [-0.3, -0.25) is 24.5 Å². The second-order valence-electron chi connectivity index (χ2n) is 10.2. The van der Waals surface area contributed by atoms with Crippen molar-refractivity contribution in [1.29, 1.82) is 5.26 Å². The molecule has 1 saturated carbocycles. The highest BCUT2D eigenvalue weighted by molar-refractivity contribution is 6.33. The number of imidazole rings is 1. The van der Waals surface area contributed by atoms with E-state index in [4.69, 9.17) is 11.6 Å². The van der Waals surface area contributed by atoms with Gasteiger partial charge < -0.3 is 10.3 Å². The number of rotatable bonds is 6. The van der Waals surface area contributed by atoms with Crippen molar-refractivity contribution in [2.24, 2.45) is 0 Å². The number of aromatic amines is 1. The summed E-state index contributed by atoms with van der Waals surface area (Å²) in [5.74, 6) is -0.921. The fraction of sp³-hybridized carbons (Fsp3) is 0.407. The molecule has 0 aliphatic heterocycles. The summed E-state index contributed by atoms with van der Waals surface area (Å²) in [5, 5.41) is 13.4. The van der Waals surface area contributed by atoms with Gasteiger partial charge in [0.05, 0.1) is 40.7 Å². The average molecular weight is 520 g/mol. The van der Waals surface area contributed by atoms with Crippen molar-refractivity contribution in [1.82, 2.24) is 25.3 Å². The molecule has 10 heteroatoms. The summed E-state index contributed by atoms with van der Waals surface area (Å²) in [7, 11) is 0. The average Bonchev–Trinajstić information content (AvgIpc) is 3.42. The van der Waals surface area contributed by atoms with E-state index in [2.05, 4.69) is 31.3 Å². The molecule has 2 amide bonds. The van der Waals surface area contributed by atoms with Crippen LogP contribution >= 0.6 is 11.6 Å². The van der Waals surface area contributed by atoms with Gasteiger partial charge in [-0.1, -0.05) is 57.7 Å². The lowest BCUT2D eigenvalue weighted by molar-refractivity contribution is -0.123. The Kier molecular flexibility index (Phi) is 7.89. The summed E-state index contributed by atoms with van der Waals surface area (Å²) in [6.07, 6.45) is 12.3. The molecule has 1 unspecified atom stereocenters. The Hall–Kier alpha value is -3.77. The molecule has 0 aromatic carbocycles. The largest absolute Gasteiger partial charge is 0.351 e. The molecule has 1 aliphatic rings. The smallest absolute Gasteiger partial charge is 0.277 e. The summed E-state index contributed by atoms with van der Waals surface area (Å²) in [6.45, 7) is 5.81. The van der Waals surface area contributed by atoms with Crippen LogP contribution in [0.1, 0.15) is 86.2 Å². The first-order valence-corrected chi connectivity index (χ1v) is 12.7. The molecule has 0 saturated heterocycles. The van der Waals surface area contributed by atoms with E-state index in [1.165, 1.54) is 23.6 Å². The van der Waals surface area contributed by atoms with Crippen molar-refractivity contribution in [3.05, 3.63) is 70.8 Å². The van der Waals surface area contributed by atoms with Crippen LogP contribution in [0.2, 0.25) is 5.02 Å². The maximum Gasteiger partial charge on any atom is 0.277 e. The summed E-state index contributed by atoms with van der Waals surface area (Å²) in [6, 6.07) is 4.46. The maximum absolute atomic E-state index is 14.0. The second-order valence-corrected chi connectivity index (χ2v) is 10.6. The van der Waals surface area contributed by atoms with Crippen molar-refractivity contribution in [3.8, 4) is 6.07 Å². The minimum absolute atomic E-state index is 0.00458. The van der Waals surface area contributed by atoms with Crippen molar-refractivity contribution in [2.45, 2.75) is 70.4 Å². The first kappa shape index (κ1) is 26.3. The van der Waals surface area contributed by atoms with Crippen LogP contribution < -0.4 is 10.2 Å². The van der Waals surface area contributed by atoms with Gasteiger partial charge in [0, 0.05) is 29.4 Å². The van der Waals surface area contributed by atoms with Crippen LogP contribution in [0, 0.1) is 11.3 Å². The van der Waals surface area contributed by atoms with Crippen LogP contribution in [0.15, 0.2) is 43.2 Å². The van der Waals surface area contributed by atoms with E-state index in [1.807, 2.05) is 20.8 Å². The number of nitrogens with zero attached hydrogens (tertiary/aromatic N) is 5. The zero-order valence-electron chi connectivity index (χ0n) is 21.2. The van der Waals surface area contributed by atoms with Gasteiger partial charge in [0.25, 0.3) is 5.91 Å². The number of halogens is 1. The van der Waals surface area contributed by atoms with E-state index >= 15 is 0 Å². The highest BCUT2D eigenvalue weighted by Crippen LogP contribution is 2.38. The zero-order chi connectivity index (χ0) is 26.6. The molecule has 0 spiro atoms. The number of carbonyl (C=O) groups is 2. The first-order valence-electron chi connectivity index (χ1n) is 12.3. The molecule has 4 rings (SSSR count). The van der Waals surface area contributed by atoms with Gasteiger partial charge in [-0.15, -0.1) is 0 Å². The second kappa shape index (κ2) is 11.1. The molecule has 1 atom stereocenters. The third-order valence-corrected chi connectivity index (χ3v) is 6.85. The van der Waals surface area contributed by atoms with Gasteiger partial charge in [-0.05, 0) is 18.9 Å². The van der Waals surface area contributed by atoms with E-state index in [9.17, 15) is 14.9 Å². The molecule has 0 bridgehead atoms. The monoisotopic (exact) mass is 519 g/mol. The standard InChI is InChI=1S/C27H30ClN7O2/c1-27(2,3)24-22(28)19(12-29)21(15-32-24)35(26(37)20-14-31-16-33-20)23(17-8-7-11-30-13-17)25(36)34-18-9-5-4-6-10-18/h7-8,11,13-16,18,23H,4-6,9-10H2,1-3H3,(H,31,33)(H,34,36). The van der Waals surface area contributed by atoms with Crippen LogP contribution in [-0.4, -0.2) is 37.8 Å². The van der Waals surface area contributed by atoms with Crippen molar-refractivity contribution in [2.75, 3.05) is 4.90 Å². The predicted molar refractivity (Wildman–Crippen MR) is 140 cm³/mol. The van der Waals surface area contributed by atoms with E-state index in [0.717, 1.165) is 32.1 Å². The van der Waals surface area contributed by atoms with Gasteiger partial charge in [0.15, 0.2) is 0 Å². The summed E-state index contributed by atoms with van der Waals surface area (Å²) < 4.78 is 0. The molecule has 3 heterocycles. The molecule has 37 heavy (non-hydrogen) atoms. The number of aromatic nitrogens is 4. The lowest BCUT2D eigenvalue weighted by atomic mass is 9.90. The van der Waals surface area contributed by atoms with Crippen LogP contribution in [0.4, 0.5) is 5.69 Å². The molecule has 3 aromatic heterocycles. The Morgan fingerprint density at radius 2 is 1.95 bits per heavy atom. The highest BCUT2D eigenvalue weighted by Gasteiger charge is 2.38. The fourth-order valence-corrected chi connectivity index (χ4v) is 5.11. The third-order valence-electron chi connectivity index (χ3n) is 6.49. The molecule has 0 radical (unpaired) electrons. The van der Waals surface area contributed by atoms with Gasteiger partial charge >= 0.3 is 0 Å². The first-order chi connectivity index (χ1) is 17.7. The number of nitrogens with one attached hydrogen (secondary N) is 2. The van der Waals surface area contributed by atoms with E-state index in [-0.39, 0.29) is 33.9 Å². The van der Waals surface area contributed by atoms with Gasteiger partial charge in [0.1, 0.15) is 17.8 Å². The molecule has 3 aromatic rings. The number of hydrogen-bond acceptors (Lipinski definition) is 6. The Morgan fingerprint density at radius 3 is 2.54 bits per heavy atom. The number of pyridine rings is 2. The Bertz CT molecular complexity index is 1290. The number of amides is 2. The quantitative estimate of drug-likeness (QED) is 0.478. The number of anilines is 1. The van der Waals surface area contributed by atoms with E-state index in [0.29, 0.717) is 11.3 Å². The fourth-order valence-electron chi connectivity index (χ4n) is 4.64. The maximum atomic E-state index is 14.0. The topological polar surface area (TPSA) is 128 Å².